The van der Waals surface area contributed by atoms with Crippen LogP contribution in [-0.4, -0.2) is 37.2 Å². The van der Waals surface area contributed by atoms with Crippen LogP contribution in [-0.2, 0) is 28.6 Å². The van der Waals surface area contributed by atoms with Crippen molar-refractivity contribution < 1.29 is 28.6 Å². The van der Waals surface area contributed by atoms with Gasteiger partial charge >= 0.3 is 17.9 Å². The number of unbranched alkanes of at least 4 members (excludes halogenated alkanes) is 26. The topological polar surface area (TPSA) is 78.9 Å². The molecule has 0 amide bonds. The lowest BCUT2D eigenvalue weighted by Crippen LogP contribution is -2.30. The van der Waals surface area contributed by atoms with Crippen LogP contribution in [0.3, 0.4) is 0 Å². The maximum atomic E-state index is 12.8. The van der Waals surface area contributed by atoms with Crippen molar-refractivity contribution in [2.45, 2.75) is 258 Å². The molecule has 0 heterocycles. The Bertz CT molecular complexity index is 1040. The molecule has 0 radical (unpaired) electrons. The van der Waals surface area contributed by atoms with E-state index in [-0.39, 0.29) is 37.5 Å². The molecule has 0 fully saturated rings. The van der Waals surface area contributed by atoms with Crippen molar-refractivity contribution >= 4 is 17.9 Å². The number of hydrogen-bond donors (Lipinski definition) is 0. The van der Waals surface area contributed by atoms with Crippen molar-refractivity contribution in [3.63, 3.8) is 0 Å². The molecule has 6 nitrogen and oxygen atoms in total. The minimum Gasteiger partial charge on any atom is -0.462 e. The third-order valence-corrected chi connectivity index (χ3v) is 10.8. The van der Waals surface area contributed by atoms with Crippen molar-refractivity contribution in [2.24, 2.45) is 0 Å². The highest BCUT2D eigenvalue weighted by Gasteiger charge is 2.19. The summed E-state index contributed by atoms with van der Waals surface area (Å²) in [5, 5.41) is 0. The molecule has 0 aromatic heterocycles. The molecule has 1 atom stereocenters. The van der Waals surface area contributed by atoms with Crippen LogP contribution < -0.4 is 0 Å². The van der Waals surface area contributed by atoms with E-state index in [1.165, 1.54) is 128 Å². The first-order valence-electron chi connectivity index (χ1n) is 25.1. The maximum Gasteiger partial charge on any atom is 0.306 e. The van der Waals surface area contributed by atoms with Crippen LogP contribution in [0.1, 0.15) is 252 Å². The van der Waals surface area contributed by atoms with Gasteiger partial charge in [0.1, 0.15) is 13.2 Å². The predicted molar refractivity (Wildman–Crippen MR) is 252 cm³/mol. The van der Waals surface area contributed by atoms with Crippen LogP contribution in [0.2, 0.25) is 0 Å². The summed E-state index contributed by atoms with van der Waals surface area (Å²) >= 11 is 0. The second-order valence-electron chi connectivity index (χ2n) is 16.7. The molecule has 0 N–H and O–H groups in total. The van der Waals surface area contributed by atoms with Crippen molar-refractivity contribution in [1.29, 1.82) is 0 Å². The van der Waals surface area contributed by atoms with Gasteiger partial charge in [0.15, 0.2) is 6.10 Å². The average molecular weight is 827 g/mol. The van der Waals surface area contributed by atoms with E-state index in [1.807, 2.05) is 0 Å². The molecule has 0 aromatic rings. The summed E-state index contributed by atoms with van der Waals surface area (Å²) in [4.78, 5) is 37.8. The number of esters is 3. The summed E-state index contributed by atoms with van der Waals surface area (Å²) in [5.74, 6) is -0.954. The monoisotopic (exact) mass is 827 g/mol. The lowest BCUT2D eigenvalue weighted by Gasteiger charge is -2.18. The van der Waals surface area contributed by atoms with Crippen molar-refractivity contribution in [3.8, 4) is 0 Å². The van der Waals surface area contributed by atoms with Crippen LogP contribution in [0.4, 0.5) is 0 Å². The Morgan fingerprint density at radius 3 is 1.08 bits per heavy atom. The van der Waals surface area contributed by atoms with Gasteiger partial charge in [-0.3, -0.25) is 14.4 Å². The summed E-state index contributed by atoms with van der Waals surface area (Å²) < 4.78 is 16.7. The Hall–Kier alpha value is -2.63. The molecule has 0 spiro atoms. The van der Waals surface area contributed by atoms with Gasteiger partial charge < -0.3 is 14.2 Å². The van der Waals surface area contributed by atoms with Crippen molar-refractivity contribution in [1.82, 2.24) is 0 Å². The number of ether oxygens (including phenoxy) is 3. The van der Waals surface area contributed by atoms with E-state index >= 15 is 0 Å². The van der Waals surface area contributed by atoms with Gasteiger partial charge in [-0.15, -0.1) is 0 Å². The van der Waals surface area contributed by atoms with Crippen LogP contribution in [0.5, 0.6) is 0 Å². The van der Waals surface area contributed by atoms with Crippen molar-refractivity contribution in [3.05, 3.63) is 48.6 Å². The van der Waals surface area contributed by atoms with E-state index in [0.29, 0.717) is 19.3 Å². The molecule has 1 unspecified atom stereocenters. The lowest BCUT2D eigenvalue weighted by molar-refractivity contribution is -0.167. The summed E-state index contributed by atoms with van der Waals surface area (Å²) in [5.41, 5.74) is 0. The van der Waals surface area contributed by atoms with Crippen LogP contribution in [0.25, 0.3) is 0 Å². The fourth-order valence-electron chi connectivity index (χ4n) is 6.97. The first kappa shape index (κ1) is 56.4. The van der Waals surface area contributed by atoms with Crippen LogP contribution >= 0.6 is 0 Å². The van der Waals surface area contributed by atoms with Gasteiger partial charge in [0.25, 0.3) is 0 Å². The second-order valence-corrected chi connectivity index (χ2v) is 16.7. The van der Waals surface area contributed by atoms with Gasteiger partial charge in [-0.2, -0.15) is 0 Å². The second kappa shape index (κ2) is 48.0. The zero-order valence-corrected chi connectivity index (χ0v) is 39.0. The standard InChI is InChI=1S/C53H94O6/c1-4-7-10-13-16-19-22-24-26-27-28-30-31-34-37-40-43-46-52(55)58-49-50(48-57-51(54)45-42-39-36-33-21-18-15-12-9-6-3)59-53(56)47-44-41-38-35-32-29-25-23-20-17-14-11-8-5-2/h15,18,24,26,28,30,34,37,50H,4-14,16-17,19-23,25,27,29,31-33,35-36,38-49H2,1-3H3/b18-15-,26-24-,30-28-,37-34-. The summed E-state index contributed by atoms with van der Waals surface area (Å²) in [7, 11) is 0. The van der Waals surface area contributed by atoms with Gasteiger partial charge in [0.2, 0.25) is 0 Å². The third-order valence-electron chi connectivity index (χ3n) is 10.8. The molecule has 0 rings (SSSR count). The Morgan fingerprint density at radius 1 is 0.339 bits per heavy atom. The Balaban J connectivity index is 4.42. The number of allylic oxidation sites excluding steroid dienone is 8. The Labute approximate surface area is 365 Å². The summed E-state index contributed by atoms with van der Waals surface area (Å²) in [6.45, 7) is 6.54. The van der Waals surface area contributed by atoms with Gasteiger partial charge in [0.05, 0.1) is 0 Å². The molecule has 0 aliphatic heterocycles. The van der Waals surface area contributed by atoms with Crippen LogP contribution in [0.15, 0.2) is 48.6 Å². The minimum atomic E-state index is -0.793. The zero-order chi connectivity index (χ0) is 43.0. The fraction of sp³-hybridized carbons (Fsp3) is 0.792. The number of rotatable bonds is 45. The lowest BCUT2D eigenvalue weighted by atomic mass is 10.0. The average Bonchev–Trinajstić information content (AvgIpc) is 3.23. The smallest absolute Gasteiger partial charge is 0.306 e. The van der Waals surface area contributed by atoms with E-state index in [0.717, 1.165) is 77.0 Å². The largest absolute Gasteiger partial charge is 0.462 e. The van der Waals surface area contributed by atoms with E-state index in [2.05, 4.69) is 69.4 Å². The molecule has 6 heteroatoms. The Kier molecular flexibility index (Phi) is 45.9. The van der Waals surface area contributed by atoms with E-state index < -0.39 is 6.10 Å². The number of carbonyl (C=O) groups is 3. The molecule has 0 saturated carbocycles. The third kappa shape index (κ3) is 46.3. The first-order chi connectivity index (χ1) is 29.0. The molecular weight excluding hydrogens is 733 g/mol. The highest BCUT2D eigenvalue weighted by atomic mass is 16.6. The predicted octanol–water partition coefficient (Wildman–Crippen LogP) is 16.3. The zero-order valence-electron chi connectivity index (χ0n) is 39.0. The molecule has 0 aliphatic carbocycles. The highest BCUT2D eigenvalue weighted by Crippen LogP contribution is 2.15. The molecule has 0 saturated heterocycles. The molecule has 342 valence electrons. The molecule has 59 heavy (non-hydrogen) atoms. The molecule has 0 aliphatic rings. The number of hydrogen-bond acceptors (Lipinski definition) is 6. The minimum absolute atomic E-state index is 0.0929. The van der Waals surface area contributed by atoms with Gasteiger partial charge in [0, 0.05) is 19.3 Å². The summed E-state index contributed by atoms with van der Waals surface area (Å²) in [6, 6.07) is 0. The number of carbonyl (C=O) groups excluding carboxylic acids is 3. The molecular formula is C53H94O6. The first-order valence-corrected chi connectivity index (χ1v) is 25.1. The highest BCUT2D eigenvalue weighted by molar-refractivity contribution is 5.71. The maximum absolute atomic E-state index is 12.8. The summed E-state index contributed by atoms with van der Waals surface area (Å²) in [6.07, 6.45) is 56.7. The SMILES string of the molecule is CCCC/C=C\CCCCCCC(=O)OCC(COC(=O)CCC/C=C\C/C=C\C/C=C\CCCCCCCC)OC(=O)CCCCCCCCCCCCCCCC. The molecule has 0 aromatic carbocycles. The van der Waals surface area contributed by atoms with Gasteiger partial charge in [-0.05, 0) is 70.6 Å². The van der Waals surface area contributed by atoms with Gasteiger partial charge in [-0.25, -0.2) is 0 Å². The Morgan fingerprint density at radius 2 is 0.644 bits per heavy atom. The quantitative estimate of drug-likeness (QED) is 0.0263. The van der Waals surface area contributed by atoms with Crippen LogP contribution in [0, 0.1) is 0 Å². The van der Waals surface area contributed by atoms with E-state index in [4.69, 9.17) is 14.2 Å². The van der Waals surface area contributed by atoms with Gasteiger partial charge in [-0.1, -0.05) is 211 Å². The van der Waals surface area contributed by atoms with Crippen molar-refractivity contribution in [2.75, 3.05) is 13.2 Å². The molecule has 0 bridgehead atoms. The fourth-order valence-corrected chi connectivity index (χ4v) is 6.97. The van der Waals surface area contributed by atoms with E-state index in [9.17, 15) is 14.4 Å². The van der Waals surface area contributed by atoms with E-state index in [1.54, 1.807) is 0 Å². The normalized spacial score (nSPS) is 12.4.